The molecule has 0 aliphatic carbocycles. The van der Waals surface area contributed by atoms with Crippen LogP contribution in [0.5, 0.6) is 0 Å². The predicted molar refractivity (Wildman–Crippen MR) is 87.8 cm³/mol. The minimum absolute atomic E-state index is 0.118. The van der Waals surface area contributed by atoms with Crippen LogP contribution in [-0.4, -0.2) is 33.7 Å². The summed E-state index contributed by atoms with van der Waals surface area (Å²) in [6.07, 6.45) is 2.95. The topological polar surface area (TPSA) is 38.1 Å². The van der Waals surface area contributed by atoms with E-state index in [-0.39, 0.29) is 5.91 Å². The van der Waals surface area contributed by atoms with E-state index in [2.05, 4.69) is 12.0 Å². The third-order valence-corrected chi connectivity index (χ3v) is 4.42. The van der Waals surface area contributed by atoms with Crippen LogP contribution in [0.3, 0.4) is 0 Å². The third-order valence-electron chi connectivity index (χ3n) is 4.17. The van der Waals surface area contributed by atoms with E-state index in [0.717, 1.165) is 55.0 Å². The van der Waals surface area contributed by atoms with Crippen molar-refractivity contribution in [3.8, 4) is 5.69 Å². The number of carbonyl (C=O) groups excluding carboxylic acids is 1. The monoisotopic (exact) mass is 317 g/mol. The second kappa shape index (κ2) is 6.13. The summed E-state index contributed by atoms with van der Waals surface area (Å²) in [5.74, 6) is 0.118. The number of halogens is 1. The van der Waals surface area contributed by atoms with Crippen molar-refractivity contribution in [1.29, 1.82) is 0 Å². The van der Waals surface area contributed by atoms with Crippen molar-refractivity contribution in [2.75, 3.05) is 13.1 Å². The maximum atomic E-state index is 12.8. The van der Waals surface area contributed by atoms with Gasteiger partial charge in [0.2, 0.25) is 0 Å². The van der Waals surface area contributed by atoms with Crippen LogP contribution in [0.15, 0.2) is 24.3 Å². The first-order chi connectivity index (χ1) is 10.6. The molecule has 22 heavy (non-hydrogen) atoms. The van der Waals surface area contributed by atoms with Crippen molar-refractivity contribution in [3.63, 3.8) is 0 Å². The standard InChI is InChI=1S/C17H20ClN3O/c1-3-15-16(17(22)20-10-4-5-11-20)12(2)19-21(15)14-8-6-13(18)7-9-14/h6-9H,3-5,10-11H2,1-2H3. The zero-order valence-corrected chi connectivity index (χ0v) is 13.7. The molecule has 0 N–H and O–H groups in total. The van der Waals surface area contributed by atoms with E-state index in [1.165, 1.54) is 0 Å². The van der Waals surface area contributed by atoms with Gasteiger partial charge in [-0.05, 0) is 50.5 Å². The van der Waals surface area contributed by atoms with Gasteiger partial charge >= 0.3 is 0 Å². The summed E-state index contributed by atoms with van der Waals surface area (Å²) in [5.41, 5.74) is 3.46. The molecule has 0 saturated carbocycles. The smallest absolute Gasteiger partial charge is 0.257 e. The van der Waals surface area contributed by atoms with E-state index in [4.69, 9.17) is 11.6 Å². The summed E-state index contributed by atoms with van der Waals surface area (Å²) in [4.78, 5) is 14.7. The van der Waals surface area contributed by atoms with Crippen LogP contribution < -0.4 is 0 Å². The molecule has 1 fully saturated rings. The van der Waals surface area contributed by atoms with E-state index in [9.17, 15) is 4.79 Å². The average Bonchev–Trinajstić information content (AvgIpc) is 3.15. The molecule has 1 aliphatic heterocycles. The lowest BCUT2D eigenvalue weighted by atomic mass is 10.1. The lowest BCUT2D eigenvalue weighted by Gasteiger charge is -2.16. The Kier molecular flexibility index (Phi) is 4.21. The number of carbonyl (C=O) groups is 1. The van der Waals surface area contributed by atoms with Gasteiger partial charge in [0.25, 0.3) is 5.91 Å². The third kappa shape index (κ3) is 2.63. The van der Waals surface area contributed by atoms with Gasteiger partial charge in [0.15, 0.2) is 0 Å². The molecule has 1 aliphatic rings. The van der Waals surface area contributed by atoms with Crippen LogP contribution in [0.4, 0.5) is 0 Å². The van der Waals surface area contributed by atoms with Crippen LogP contribution in [0, 0.1) is 6.92 Å². The van der Waals surface area contributed by atoms with E-state index in [0.29, 0.717) is 5.02 Å². The molecule has 0 atom stereocenters. The average molecular weight is 318 g/mol. The Morgan fingerprint density at radius 3 is 2.45 bits per heavy atom. The highest BCUT2D eigenvalue weighted by atomic mass is 35.5. The maximum absolute atomic E-state index is 12.8. The lowest BCUT2D eigenvalue weighted by molar-refractivity contribution is 0.0791. The largest absolute Gasteiger partial charge is 0.339 e. The Balaban J connectivity index is 2.04. The highest BCUT2D eigenvalue weighted by Crippen LogP contribution is 2.23. The van der Waals surface area contributed by atoms with Crippen molar-refractivity contribution in [3.05, 3.63) is 46.2 Å². The van der Waals surface area contributed by atoms with Gasteiger partial charge in [0.05, 0.1) is 22.6 Å². The van der Waals surface area contributed by atoms with Crippen LogP contribution in [0.2, 0.25) is 5.02 Å². The molecule has 2 aromatic rings. The minimum atomic E-state index is 0.118. The van der Waals surface area contributed by atoms with Gasteiger partial charge < -0.3 is 4.90 Å². The summed E-state index contributed by atoms with van der Waals surface area (Å²) in [6, 6.07) is 7.54. The Bertz CT molecular complexity index is 685. The van der Waals surface area contributed by atoms with Crippen LogP contribution in [0.1, 0.15) is 41.5 Å². The maximum Gasteiger partial charge on any atom is 0.257 e. The van der Waals surface area contributed by atoms with Gasteiger partial charge in [-0.1, -0.05) is 18.5 Å². The molecule has 0 bridgehead atoms. The molecule has 1 amide bonds. The van der Waals surface area contributed by atoms with Crippen LogP contribution in [-0.2, 0) is 6.42 Å². The summed E-state index contributed by atoms with van der Waals surface area (Å²) >= 11 is 5.96. The molecular weight excluding hydrogens is 298 g/mol. The molecule has 2 heterocycles. The number of likely N-dealkylation sites (tertiary alicyclic amines) is 1. The first-order valence-corrected chi connectivity index (χ1v) is 8.13. The SMILES string of the molecule is CCc1c(C(=O)N2CCCC2)c(C)nn1-c1ccc(Cl)cc1. The van der Waals surface area contributed by atoms with Gasteiger partial charge in [-0.3, -0.25) is 4.79 Å². The number of rotatable bonds is 3. The Morgan fingerprint density at radius 1 is 1.23 bits per heavy atom. The van der Waals surface area contributed by atoms with Crippen molar-refractivity contribution in [2.45, 2.75) is 33.1 Å². The summed E-state index contributed by atoms with van der Waals surface area (Å²) in [5, 5.41) is 5.29. The van der Waals surface area contributed by atoms with Crippen LogP contribution in [0.25, 0.3) is 5.69 Å². The summed E-state index contributed by atoms with van der Waals surface area (Å²) in [7, 11) is 0. The molecule has 0 spiro atoms. The van der Waals surface area contributed by atoms with Gasteiger partial charge in [-0.2, -0.15) is 5.10 Å². The molecule has 4 nitrogen and oxygen atoms in total. The zero-order chi connectivity index (χ0) is 15.7. The van der Waals surface area contributed by atoms with Gasteiger partial charge in [-0.25, -0.2) is 4.68 Å². The first-order valence-electron chi connectivity index (χ1n) is 7.75. The fourth-order valence-corrected chi connectivity index (χ4v) is 3.18. The highest BCUT2D eigenvalue weighted by molar-refractivity contribution is 6.30. The van der Waals surface area contributed by atoms with E-state index < -0.39 is 0 Å². The van der Waals surface area contributed by atoms with Crippen LogP contribution >= 0.6 is 11.6 Å². The zero-order valence-electron chi connectivity index (χ0n) is 13.0. The quantitative estimate of drug-likeness (QED) is 0.867. The minimum Gasteiger partial charge on any atom is -0.339 e. The second-order valence-electron chi connectivity index (χ2n) is 5.65. The van der Waals surface area contributed by atoms with E-state index >= 15 is 0 Å². The molecule has 3 rings (SSSR count). The number of aryl methyl sites for hydroxylation is 1. The fraction of sp³-hybridized carbons (Fsp3) is 0.412. The molecule has 0 radical (unpaired) electrons. The molecule has 1 aromatic carbocycles. The second-order valence-corrected chi connectivity index (χ2v) is 6.08. The Hall–Kier alpha value is -1.81. The summed E-state index contributed by atoms with van der Waals surface area (Å²) < 4.78 is 1.87. The Labute approximate surface area is 135 Å². The molecule has 5 heteroatoms. The fourth-order valence-electron chi connectivity index (χ4n) is 3.05. The van der Waals surface area contributed by atoms with Crippen molar-refractivity contribution >= 4 is 17.5 Å². The van der Waals surface area contributed by atoms with Crippen molar-refractivity contribution in [2.24, 2.45) is 0 Å². The lowest BCUT2D eigenvalue weighted by Crippen LogP contribution is -2.28. The van der Waals surface area contributed by atoms with Gasteiger partial charge in [-0.15, -0.1) is 0 Å². The number of aromatic nitrogens is 2. The van der Waals surface area contributed by atoms with Crippen molar-refractivity contribution in [1.82, 2.24) is 14.7 Å². The summed E-state index contributed by atoms with van der Waals surface area (Å²) in [6.45, 7) is 5.68. The predicted octanol–water partition coefficient (Wildman–Crippen LogP) is 3.63. The number of amides is 1. The number of benzene rings is 1. The number of hydrogen-bond donors (Lipinski definition) is 0. The van der Waals surface area contributed by atoms with E-state index in [1.54, 1.807) is 0 Å². The molecular formula is C17H20ClN3O. The van der Waals surface area contributed by atoms with Gasteiger partial charge in [0, 0.05) is 18.1 Å². The molecule has 1 saturated heterocycles. The van der Waals surface area contributed by atoms with E-state index in [1.807, 2.05) is 40.8 Å². The van der Waals surface area contributed by atoms with Gasteiger partial charge in [0.1, 0.15) is 0 Å². The first kappa shape index (κ1) is 15.1. The molecule has 1 aromatic heterocycles. The van der Waals surface area contributed by atoms with Crippen molar-refractivity contribution < 1.29 is 4.79 Å². The number of hydrogen-bond acceptors (Lipinski definition) is 2. The Morgan fingerprint density at radius 2 is 1.86 bits per heavy atom. The molecule has 116 valence electrons. The number of nitrogens with zero attached hydrogens (tertiary/aromatic N) is 3. The highest BCUT2D eigenvalue weighted by Gasteiger charge is 2.27. The molecule has 0 unspecified atom stereocenters. The normalized spacial score (nSPS) is 14.6.